The Labute approximate surface area is 123 Å². The van der Waals surface area contributed by atoms with Gasteiger partial charge in [0.15, 0.2) is 24.1 Å². The first-order valence-electron chi connectivity index (χ1n) is 5.87. The van der Waals surface area contributed by atoms with Crippen LogP contribution in [0.1, 0.15) is 15.9 Å². The summed E-state index contributed by atoms with van der Waals surface area (Å²) in [7, 11) is 0. The summed E-state index contributed by atoms with van der Waals surface area (Å²) in [5.74, 6) is -0.668. The average Bonchev–Trinajstić information content (AvgIpc) is 2.49. The summed E-state index contributed by atoms with van der Waals surface area (Å²) in [6, 6.07) is 12.6. The normalized spacial score (nSPS) is 11.7. The molecule has 0 spiro atoms. The summed E-state index contributed by atoms with van der Waals surface area (Å²) in [5.41, 5.74) is 0.499. The molecule has 1 atom stereocenters. The Hall–Kier alpha value is -2.22. The second-order valence-corrected chi connectivity index (χ2v) is 4.46. The number of rotatable bonds is 6. The standard InChI is InChI=1S/C14H12O6S/c15-9-19-14-11(7-4-8-12(14)20-21(17)18)13(16)10-5-2-1-3-6-10/h1-8,15H,9H2,(H,17,18)/p-1. The summed E-state index contributed by atoms with van der Waals surface area (Å²) in [4.78, 5) is 12.4. The van der Waals surface area contributed by atoms with E-state index in [-0.39, 0.29) is 22.8 Å². The molecular weight excluding hydrogens is 296 g/mol. The smallest absolute Gasteiger partial charge is 0.196 e. The highest BCUT2D eigenvalue weighted by Crippen LogP contribution is 2.33. The minimum Gasteiger partial charge on any atom is -0.740 e. The molecule has 0 amide bonds. The largest absolute Gasteiger partial charge is 0.740 e. The molecule has 1 N–H and O–H groups in total. The number of aliphatic hydroxyl groups excluding tert-OH is 1. The molecule has 0 radical (unpaired) electrons. The van der Waals surface area contributed by atoms with Gasteiger partial charge in [-0.25, -0.2) is 4.21 Å². The summed E-state index contributed by atoms with van der Waals surface area (Å²) in [6.45, 7) is -0.721. The third-order valence-electron chi connectivity index (χ3n) is 2.63. The number of benzene rings is 2. The first-order chi connectivity index (χ1) is 10.1. The highest BCUT2D eigenvalue weighted by molar-refractivity contribution is 7.74. The molecule has 6 nitrogen and oxygen atoms in total. The molecule has 7 heteroatoms. The first kappa shape index (κ1) is 15.2. The summed E-state index contributed by atoms with van der Waals surface area (Å²) < 4.78 is 30.8. The van der Waals surface area contributed by atoms with Gasteiger partial charge in [-0.1, -0.05) is 36.4 Å². The van der Waals surface area contributed by atoms with Crippen LogP contribution in [-0.2, 0) is 11.4 Å². The van der Waals surface area contributed by atoms with Crippen molar-refractivity contribution in [3.63, 3.8) is 0 Å². The number of carbonyl (C=O) groups is 1. The number of aliphatic hydroxyl groups is 1. The topological polar surface area (TPSA) is 95.9 Å². The Morgan fingerprint density at radius 2 is 1.86 bits per heavy atom. The monoisotopic (exact) mass is 307 g/mol. The quantitative estimate of drug-likeness (QED) is 0.492. The van der Waals surface area contributed by atoms with Crippen LogP contribution in [0.25, 0.3) is 0 Å². The van der Waals surface area contributed by atoms with Crippen molar-refractivity contribution in [1.82, 2.24) is 0 Å². The van der Waals surface area contributed by atoms with Crippen molar-refractivity contribution >= 4 is 17.1 Å². The number of hydrogen-bond acceptors (Lipinski definition) is 6. The van der Waals surface area contributed by atoms with Crippen LogP contribution >= 0.6 is 0 Å². The zero-order chi connectivity index (χ0) is 15.2. The molecule has 0 heterocycles. The van der Waals surface area contributed by atoms with E-state index in [0.717, 1.165) is 0 Å². The summed E-state index contributed by atoms with van der Waals surface area (Å²) >= 11 is -2.82. The van der Waals surface area contributed by atoms with Crippen LogP contribution in [0.5, 0.6) is 11.5 Å². The molecule has 0 fully saturated rings. The first-order valence-corrected chi connectivity index (χ1v) is 6.87. The van der Waals surface area contributed by atoms with Gasteiger partial charge in [-0.05, 0) is 12.1 Å². The Bertz CT molecular complexity index is 656. The van der Waals surface area contributed by atoms with E-state index < -0.39 is 18.2 Å². The van der Waals surface area contributed by atoms with Crippen LogP contribution in [-0.4, -0.2) is 26.4 Å². The van der Waals surface area contributed by atoms with Gasteiger partial charge in [0.25, 0.3) is 0 Å². The van der Waals surface area contributed by atoms with Crippen LogP contribution in [0.15, 0.2) is 48.5 Å². The van der Waals surface area contributed by atoms with Gasteiger partial charge in [0.05, 0.1) is 5.56 Å². The number of ketones is 1. The molecule has 0 aliphatic heterocycles. The second kappa shape index (κ2) is 6.98. The predicted octanol–water partition coefficient (Wildman–Crippen LogP) is 1.42. The maximum Gasteiger partial charge on any atom is 0.196 e. The van der Waals surface area contributed by atoms with E-state index in [0.29, 0.717) is 5.56 Å². The van der Waals surface area contributed by atoms with Crippen LogP contribution in [0.4, 0.5) is 0 Å². The van der Waals surface area contributed by atoms with E-state index in [1.807, 2.05) is 0 Å². The minimum atomic E-state index is -2.82. The van der Waals surface area contributed by atoms with E-state index in [4.69, 9.17) is 9.84 Å². The molecule has 2 rings (SSSR count). The van der Waals surface area contributed by atoms with E-state index in [2.05, 4.69) is 4.18 Å². The highest BCUT2D eigenvalue weighted by atomic mass is 32.2. The van der Waals surface area contributed by atoms with E-state index in [1.165, 1.54) is 18.2 Å². The molecule has 1 unspecified atom stereocenters. The van der Waals surface area contributed by atoms with Gasteiger partial charge in [0.2, 0.25) is 0 Å². The van der Waals surface area contributed by atoms with Crippen molar-refractivity contribution in [2.24, 2.45) is 0 Å². The lowest BCUT2D eigenvalue weighted by Gasteiger charge is -2.15. The fraction of sp³-hybridized carbons (Fsp3) is 0.0714. The predicted molar refractivity (Wildman–Crippen MR) is 73.6 cm³/mol. The molecule has 21 heavy (non-hydrogen) atoms. The van der Waals surface area contributed by atoms with Gasteiger partial charge in [-0.3, -0.25) is 4.79 Å². The van der Waals surface area contributed by atoms with Crippen LogP contribution in [0.3, 0.4) is 0 Å². The van der Waals surface area contributed by atoms with Gasteiger partial charge in [0, 0.05) is 5.56 Å². The molecule has 2 aromatic carbocycles. The Morgan fingerprint density at radius 1 is 1.14 bits per heavy atom. The van der Waals surface area contributed by atoms with E-state index in [1.54, 1.807) is 30.3 Å². The lowest BCUT2D eigenvalue weighted by atomic mass is 10.0. The lowest BCUT2D eigenvalue weighted by Crippen LogP contribution is -2.09. The third kappa shape index (κ3) is 3.66. The van der Waals surface area contributed by atoms with Crippen molar-refractivity contribution in [1.29, 1.82) is 0 Å². The average molecular weight is 307 g/mol. The summed E-state index contributed by atoms with van der Waals surface area (Å²) in [6.07, 6.45) is 0. The SMILES string of the molecule is O=C(c1ccccc1)c1cccc(OS(=O)[O-])c1OCO. The molecule has 0 saturated heterocycles. The zero-order valence-corrected chi connectivity index (χ0v) is 11.5. The van der Waals surface area contributed by atoms with Crippen molar-refractivity contribution < 1.29 is 27.6 Å². The Balaban J connectivity index is 2.47. The number of ether oxygens (including phenoxy) is 1. The number of para-hydroxylation sites is 1. The van der Waals surface area contributed by atoms with Gasteiger partial charge in [-0.2, -0.15) is 0 Å². The van der Waals surface area contributed by atoms with Gasteiger partial charge in [0.1, 0.15) is 11.4 Å². The van der Waals surface area contributed by atoms with Crippen molar-refractivity contribution in [3.05, 3.63) is 59.7 Å². The van der Waals surface area contributed by atoms with Crippen LogP contribution in [0.2, 0.25) is 0 Å². The minimum absolute atomic E-state index is 0.0956. The number of carbonyl (C=O) groups excluding carboxylic acids is 1. The molecule has 0 bridgehead atoms. The molecule has 0 aliphatic rings. The maximum atomic E-state index is 12.4. The van der Waals surface area contributed by atoms with Crippen molar-refractivity contribution in [2.45, 2.75) is 0 Å². The van der Waals surface area contributed by atoms with Crippen LogP contribution < -0.4 is 8.92 Å². The van der Waals surface area contributed by atoms with Gasteiger partial charge < -0.3 is 18.6 Å². The Kier molecular flexibility index (Phi) is 5.04. The second-order valence-electron chi connectivity index (χ2n) is 3.89. The molecule has 110 valence electrons. The van der Waals surface area contributed by atoms with Crippen molar-refractivity contribution in [3.8, 4) is 11.5 Å². The van der Waals surface area contributed by atoms with E-state index in [9.17, 15) is 13.6 Å². The van der Waals surface area contributed by atoms with Gasteiger partial charge in [-0.15, -0.1) is 0 Å². The highest BCUT2D eigenvalue weighted by Gasteiger charge is 2.19. The lowest BCUT2D eigenvalue weighted by molar-refractivity contribution is 0.0921. The van der Waals surface area contributed by atoms with Crippen molar-refractivity contribution in [2.75, 3.05) is 6.79 Å². The third-order valence-corrected chi connectivity index (χ3v) is 2.94. The fourth-order valence-corrected chi connectivity index (χ4v) is 2.07. The molecule has 0 aliphatic carbocycles. The zero-order valence-electron chi connectivity index (χ0n) is 10.7. The molecule has 0 saturated carbocycles. The Morgan fingerprint density at radius 3 is 2.48 bits per heavy atom. The molecule has 2 aromatic rings. The van der Waals surface area contributed by atoms with Crippen LogP contribution in [0, 0.1) is 0 Å². The van der Waals surface area contributed by atoms with E-state index >= 15 is 0 Å². The maximum absolute atomic E-state index is 12.4. The summed E-state index contributed by atoms with van der Waals surface area (Å²) in [5, 5.41) is 8.91. The molecular formula is C14H11O6S-. The van der Waals surface area contributed by atoms with Gasteiger partial charge >= 0.3 is 0 Å². The molecule has 0 aromatic heterocycles. The fourth-order valence-electron chi connectivity index (χ4n) is 1.79. The number of hydrogen-bond donors (Lipinski definition) is 1.